The van der Waals surface area contributed by atoms with E-state index in [0.29, 0.717) is 6.54 Å². The van der Waals surface area contributed by atoms with Gasteiger partial charge in [0, 0.05) is 12.5 Å². The maximum atomic E-state index is 10.9. The van der Waals surface area contributed by atoms with E-state index in [-0.39, 0.29) is 42.4 Å². The van der Waals surface area contributed by atoms with Gasteiger partial charge in [-0.1, -0.05) is 64.7 Å². The molecule has 0 heterocycles. The minimum atomic E-state index is -1.16. The standard InChI is InChI=1S/C17H34N2O3.Na/c1-2-3-4-5-6-7-8-9-10-11-14-19-15(17(21)22)12-13-16(18)20;/h15,19H,2-14H2,1H3,(H2,18,20)(H,21,22);/q;+1/p-1. The second-order valence-corrected chi connectivity index (χ2v) is 6.01. The van der Waals surface area contributed by atoms with Gasteiger partial charge in [-0.2, -0.15) is 0 Å². The van der Waals surface area contributed by atoms with E-state index in [1.807, 2.05) is 0 Å². The van der Waals surface area contributed by atoms with Gasteiger partial charge in [-0.25, -0.2) is 0 Å². The number of nitrogens with two attached hydrogens (primary N) is 1. The summed E-state index contributed by atoms with van der Waals surface area (Å²) in [5, 5.41) is 13.8. The van der Waals surface area contributed by atoms with Crippen molar-refractivity contribution in [2.24, 2.45) is 5.73 Å². The summed E-state index contributed by atoms with van der Waals surface area (Å²) < 4.78 is 0. The van der Waals surface area contributed by atoms with Crippen LogP contribution >= 0.6 is 0 Å². The number of nitrogens with one attached hydrogen (secondary N) is 1. The molecule has 0 fully saturated rings. The summed E-state index contributed by atoms with van der Waals surface area (Å²) in [4.78, 5) is 21.6. The van der Waals surface area contributed by atoms with Gasteiger partial charge in [0.1, 0.15) is 0 Å². The molecule has 23 heavy (non-hydrogen) atoms. The van der Waals surface area contributed by atoms with Crippen LogP contribution in [0.15, 0.2) is 0 Å². The smallest absolute Gasteiger partial charge is 0.548 e. The van der Waals surface area contributed by atoms with Crippen LogP contribution in [0.25, 0.3) is 0 Å². The van der Waals surface area contributed by atoms with Crippen LogP contribution in [0.4, 0.5) is 0 Å². The van der Waals surface area contributed by atoms with Crippen LogP contribution in [0.5, 0.6) is 0 Å². The van der Waals surface area contributed by atoms with Crippen molar-refractivity contribution in [1.29, 1.82) is 0 Å². The quantitative estimate of drug-likeness (QED) is 0.276. The number of hydrogen-bond acceptors (Lipinski definition) is 4. The van der Waals surface area contributed by atoms with Crippen molar-refractivity contribution in [2.45, 2.75) is 90.0 Å². The normalized spacial score (nSPS) is 11.7. The van der Waals surface area contributed by atoms with Crippen molar-refractivity contribution < 1.29 is 44.3 Å². The Morgan fingerprint density at radius 3 is 1.87 bits per heavy atom. The van der Waals surface area contributed by atoms with Crippen LogP contribution in [0.2, 0.25) is 0 Å². The van der Waals surface area contributed by atoms with Gasteiger partial charge < -0.3 is 21.0 Å². The third-order valence-corrected chi connectivity index (χ3v) is 3.88. The predicted octanol–water partition coefficient (Wildman–Crippen LogP) is -1.12. The zero-order valence-corrected chi connectivity index (χ0v) is 17.1. The number of carbonyl (C=O) groups is 2. The summed E-state index contributed by atoms with van der Waals surface area (Å²) in [5.74, 6) is -1.64. The van der Waals surface area contributed by atoms with E-state index in [2.05, 4.69) is 12.2 Å². The van der Waals surface area contributed by atoms with Gasteiger partial charge in [-0.05, 0) is 19.4 Å². The zero-order chi connectivity index (χ0) is 16.6. The van der Waals surface area contributed by atoms with E-state index in [1.165, 1.54) is 51.4 Å². The minimum absolute atomic E-state index is 0. The average Bonchev–Trinajstić information content (AvgIpc) is 2.47. The third kappa shape index (κ3) is 18.1. The molecule has 0 saturated heterocycles. The van der Waals surface area contributed by atoms with Gasteiger partial charge in [-0.15, -0.1) is 0 Å². The molecule has 0 bridgehead atoms. The molecule has 3 N–H and O–H groups in total. The van der Waals surface area contributed by atoms with Gasteiger partial charge in [0.25, 0.3) is 0 Å². The second-order valence-electron chi connectivity index (χ2n) is 6.01. The van der Waals surface area contributed by atoms with E-state index in [9.17, 15) is 14.7 Å². The Morgan fingerprint density at radius 1 is 0.957 bits per heavy atom. The van der Waals surface area contributed by atoms with Crippen LogP contribution < -0.4 is 45.7 Å². The summed E-state index contributed by atoms with van der Waals surface area (Å²) >= 11 is 0. The summed E-state index contributed by atoms with van der Waals surface area (Å²) in [5.41, 5.74) is 5.02. The molecule has 0 radical (unpaired) electrons. The molecule has 0 aromatic carbocycles. The topological polar surface area (TPSA) is 95.2 Å². The Balaban J connectivity index is 0. The van der Waals surface area contributed by atoms with Gasteiger partial charge in [0.2, 0.25) is 5.91 Å². The van der Waals surface area contributed by atoms with Crippen molar-refractivity contribution in [3.05, 3.63) is 0 Å². The molecule has 6 heteroatoms. The van der Waals surface area contributed by atoms with E-state index in [0.717, 1.165) is 12.8 Å². The second kappa shape index (κ2) is 18.2. The Labute approximate surface area is 163 Å². The van der Waals surface area contributed by atoms with Crippen molar-refractivity contribution in [3.8, 4) is 0 Å². The first-order valence-electron chi connectivity index (χ1n) is 8.80. The summed E-state index contributed by atoms with van der Waals surface area (Å²) in [6.07, 6.45) is 12.8. The fourth-order valence-electron chi connectivity index (χ4n) is 2.48. The molecule has 0 aliphatic rings. The van der Waals surface area contributed by atoms with Crippen molar-refractivity contribution >= 4 is 11.9 Å². The Kier molecular flexibility index (Phi) is 19.9. The SMILES string of the molecule is CCCCCCCCCCCCNC(CCC(N)=O)C(=O)[O-].[Na+]. The largest absolute Gasteiger partial charge is 1.00 e. The number of primary amides is 1. The van der Waals surface area contributed by atoms with Gasteiger partial charge in [0.15, 0.2) is 0 Å². The van der Waals surface area contributed by atoms with E-state index >= 15 is 0 Å². The number of carbonyl (C=O) groups excluding carboxylic acids is 2. The van der Waals surface area contributed by atoms with Crippen LogP contribution in [0.3, 0.4) is 0 Å². The zero-order valence-electron chi connectivity index (χ0n) is 15.1. The number of carboxylic acids is 1. The van der Waals surface area contributed by atoms with Crippen molar-refractivity contribution in [2.75, 3.05) is 6.54 Å². The number of aliphatic carboxylic acids is 1. The van der Waals surface area contributed by atoms with Crippen LogP contribution in [-0.2, 0) is 9.59 Å². The van der Waals surface area contributed by atoms with Gasteiger partial charge in [-0.3, -0.25) is 4.79 Å². The molecule has 0 rings (SSSR count). The molecule has 0 aliphatic carbocycles. The van der Waals surface area contributed by atoms with E-state index < -0.39 is 17.9 Å². The molecule has 1 amide bonds. The molecule has 130 valence electrons. The molecular formula is C17H33N2NaO3. The number of rotatable bonds is 16. The third-order valence-electron chi connectivity index (χ3n) is 3.88. The summed E-state index contributed by atoms with van der Waals surface area (Å²) in [6, 6.07) is -0.772. The molecule has 0 aromatic heterocycles. The number of carboxylic acid groups (broad SMARTS) is 1. The first-order valence-corrected chi connectivity index (χ1v) is 8.80. The maximum Gasteiger partial charge on any atom is 1.00 e. The van der Waals surface area contributed by atoms with Gasteiger partial charge in [0.05, 0.1) is 5.97 Å². The molecule has 0 spiro atoms. The first kappa shape index (κ1) is 25.1. The summed E-state index contributed by atoms with van der Waals surface area (Å²) in [6.45, 7) is 2.88. The van der Waals surface area contributed by atoms with Crippen LogP contribution in [0, 0.1) is 0 Å². The number of hydrogen-bond donors (Lipinski definition) is 2. The molecule has 0 saturated carbocycles. The van der Waals surface area contributed by atoms with Gasteiger partial charge >= 0.3 is 29.6 Å². The number of amides is 1. The molecule has 5 nitrogen and oxygen atoms in total. The molecule has 1 unspecified atom stereocenters. The summed E-state index contributed by atoms with van der Waals surface area (Å²) in [7, 11) is 0. The average molecular weight is 336 g/mol. The Bertz CT molecular complexity index is 302. The molecule has 0 aromatic rings. The Hall–Kier alpha value is -0.100. The monoisotopic (exact) mass is 336 g/mol. The number of unbranched alkanes of at least 4 members (excludes halogenated alkanes) is 9. The molecular weight excluding hydrogens is 303 g/mol. The van der Waals surface area contributed by atoms with Crippen molar-refractivity contribution in [1.82, 2.24) is 5.32 Å². The first-order chi connectivity index (χ1) is 10.6. The van der Waals surface area contributed by atoms with E-state index in [4.69, 9.17) is 5.73 Å². The Morgan fingerprint density at radius 2 is 1.43 bits per heavy atom. The predicted molar refractivity (Wildman–Crippen MR) is 87.1 cm³/mol. The fourth-order valence-corrected chi connectivity index (χ4v) is 2.48. The molecule has 0 aliphatic heterocycles. The molecule has 1 atom stereocenters. The minimum Gasteiger partial charge on any atom is -0.548 e. The van der Waals surface area contributed by atoms with Crippen molar-refractivity contribution in [3.63, 3.8) is 0 Å². The maximum absolute atomic E-state index is 10.9. The van der Waals surface area contributed by atoms with Crippen LogP contribution in [0.1, 0.15) is 84.0 Å². The van der Waals surface area contributed by atoms with Crippen LogP contribution in [-0.4, -0.2) is 24.5 Å². The fraction of sp³-hybridized carbons (Fsp3) is 0.882. The van der Waals surface area contributed by atoms with E-state index in [1.54, 1.807) is 0 Å².